The van der Waals surface area contributed by atoms with Crippen LogP contribution < -0.4 is 5.43 Å². The number of para-hydroxylation sites is 2. The number of benzene rings is 2. The van der Waals surface area contributed by atoms with E-state index in [1.807, 2.05) is 0 Å². The maximum Gasteiger partial charge on any atom is 0.294 e. The van der Waals surface area contributed by atoms with Crippen LogP contribution in [0.25, 0.3) is 0 Å². The van der Waals surface area contributed by atoms with E-state index in [1.165, 1.54) is 24.3 Å². The molecule has 2 aromatic rings. The van der Waals surface area contributed by atoms with Crippen molar-refractivity contribution in [2.75, 3.05) is 5.43 Å². The van der Waals surface area contributed by atoms with Crippen LogP contribution >= 0.6 is 0 Å². The van der Waals surface area contributed by atoms with Crippen LogP contribution in [0.5, 0.6) is 0 Å². The Hall–Kier alpha value is -3.29. The second kappa shape index (κ2) is 6.44. The van der Waals surface area contributed by atoms with Gasteiger partial charge in [-0.3, -0.25) is 25.7 Å². The lowest BCUT2D eigenvalue weighted by Gasteiger charge is -2.04. The van der Waals surface area contributed by atoms with Crippen LogP contribution in [0.3, 0.4) is 0 Å². The van der Waals surface area contributed by atoms with Crippen molar-refractivity contribution in [3.8, 4) is 0 Å². The number of hydrogen-bond acceptors (Lipinski definition) is 6. The summed E-state index contributed by atoms with van der Waals surface area (Å²) < 4.78 is 0. The topological polar surface area (TPSA) is 111 Å². The summed E-state index contributed by atoms with van der Waals surface area (Å²) in [6.45, 7) is 1.65. The number of nitro groups is 2. The van der Waals surface area contributed by atoms with Gasteiger partial charge in [-0.1, -0.05) is 24.3 Å². The van der Waals surface area contributed by atoms with E-state index >= 15 is 0 Å². The molecule has 0 spiro atoms. The van der Waals surface area contributed by atoms with Gasteiger partial charge in [-0.2, -0.15) is 5.10 Å². The Morgan fingerprint density at radius 1 is 1.05 bits per heavy atom. The van der Waals surface area contributed by atoms with Gasteiger partial charge >= 0.3 is 0 Å². The molecule has 112 valence electrons. The smallest absolute Gasteiger partial charge is 0.271 e. The molecule has 0 atom stereocenters. The molecular formula is C14H12N4O4. The molecule has 0 fully saturated rings. The summed E-state index contributed by atoms with van der Waals surface area (Å²) in [5.74, 6) is 0. The molecule has 0 aromatic heterocycles. The minimum atomic E-state index is -0.513. The lowest BCUT2D eigenvalue weighted by atomic mass is 10.1. The number of nitro benzene ring substituents is 2. The highest BCUT2D eigenvalue weighted by molar-refractivity contribution is 5.99. The SMILES string of the molecule is C/C(=N/Nc1ccccc1[N+](=O)[O-])c1cccc([N+](=O)[O-])c1. The predicted octanol–water partition coefficient (Wildman–Crippen LogP) is 3.34. The van der Waals surface area contributed by atoms with E-state index in [1.54, 1.807) is 31.2 Å². The van der Waals surface area contributed by atoms with Crippen molar-refractivity contribution in [3.05, 3.63) is 74.3 Å². The zero-order valence-corrected chi connectivity index (χ0v) is 11.6. The third kappa shape index (κ3) is 3.42. The molecule has 0 heterocycles. The van der Waals surface area contributed by atoms with Gasteiger partial charge in [0.25, 0.3) is 11.4 Å². The van der Waals surface area contributed by atoms with Gasteiger partial charge in [0, 0.05) is 23.8 Å². The van der Waals surface area contributed by atoms with E-state index in [9.17, 15) is 20.2 Å². The molecule has 0 radical (unpaired) electrons. The first-order valence-electron chi connectivity index (χ1n) is 6.27. The first-order valence-corrected chi connectivity index (χ1v) is 6.27. The number of rotatable bonds is 5. The van der Waals surface area contributed by atoms with Crippen molar-refractivity contribution < 1.29 is 9.85 Å². The van der Waals surface area contributed by atoms with Crippen LogP contribution in [0.15, 0.2) is 53.6 Å². The Morgan fingerprint density at radius 2 is 1.77 bits per heavy atom. The fourth-order valence-corrected chi connectivity index (χ4v) is 1.78. The highest BCUT2D eigenvalue weighted by Gasteiger charge is 2.12. The van der Waals surface area contributed by atoms with E-state index in [4.69, 9.17) is 0 Å². The predicted molar refractivity (Wildman–Crippen MR) is 82.0 cm³/mol. The number of nitrogens with zero attached hydrogens (tertiary/aromatic N) is 3. The normalized spacial score (nSPS) is 11.0. The van der Waals surface area contributed by atoms with Gasteiger partial charge in [-0.15, -0.1) is 0 Å². The maximum absolute atomic E-state index is 10.9. The van der Waals surface area contributed by atoms with Gasteiger partial charge < -0.3 is 0 Å². The number of hydrazone groups is 1. The molecule has 22 heavy (non-hydrogen) atoms. The van der Waals surface area contributed by atoms with E-state index < -0.39 is 9.85 Å². The summed E-state index contributed by atoms with van der Waals surface area (Å²) in [6.07, 6.45) is 0. The average Bonchev–Trinajstić information content (AvgIpc) is 2.52. The number of non-ortho nitro benzene ring substituents is 1. The molecule has 0 saturated carbocycles. The zero-order chi connectivity index (χ0) is 16.1. The molecule has 0 saturated heterocycles. The number of nitrogens with one attached hydrogen (secondary N) is 1. The lowest BCUT2D eigenvalue weighted by Crippen LogP contribution is -2.02. The van der Waals surface area contributed by atoms with Gasteiger partial charge in [-0.05, 0) is 13.0 Å². The largest absolute Gasteiger partial charge is 0.294 e. The average molecular weight is 300 g/mol. The molecule has 8 nitrogen and oxygen atoms in total. The van der Waals surface area contributed by atoms with E-state index in [2.05, 4.69) is 10.5 Å². The second-order valence-electron chi connectivity index (χ2n) is 4.39. The summed E-state index contributed by atoms with van der Waals surface area (Å²) in [7, 11) is 0. The molecule has 0 bridgehead atoms. The highest BCUT2D eigenvalue weighted by Crippen LogP contribution is 2.23. The summed E-state index contributed by atoms with van der Waals surface area (Å²) in [6, 6.07) is 12.1. The van der Waals surface area contributed by atoms with Crippen molar-refractivity contribution in [2.45, 2.75) is 6.92 Å². The fraction of sp³-hybridized carbons (Fsp3) is 0.0714. The Balaban J connectivity index is 2.25. The Bertz CT molecular complexity index is 758. The van der Waals surface area contributed by atoms with Crippen LogP contribution in [0.4, 0.5) is 17.1 Å². The highest BCUT2D eigenvalue weighted by atomic mass is 16.6. The van der Waals surface area contributed by atoms with Crippen LogP contribution in [0.1, 0.15) is 12.5 Å². The minimum Gasteiger partial charge on any atom is -0.271 e. The molecule has 0 amide bonds. The minimum absolute atomic E-state index is 0.0438. The molecule has 0 aliphatic carbocycles. The first kappa shape index (κ1) is 15.1. The van der Waals surface area contributed by atoms with Gasteiger partial charge in [0.1, 0.15) is 5.69 Å². The lowest BCUT2D eigenvalue weighted by molar-refractivity contribution is -0.384. The second-order valence-corrected chi connectivity index (χ2v) is 4.39. The summed E-state index contributed by atoms with van der Waals surface area (Å²) in [5, 5.41) is 25.7. The molecule has 0 unspecified atom stereocenters. The molecule has 2 rings (SSSR count). The van der Waals surface area contributed by atoms with Gasteiger partial charge in [0.2, 0.25) is 0 Å². The summed E-state index contributed by atoms with van der Waals surface area (Å²) >= 11 is 0. The van der Waals surface area contributed by atoms with Crippen molar-refractivity contribution in [3.63, 3.8) is 0 Å². The molecule has 0 aliphatic rings. The van der Waals surface area contributed by atoms with Gasteiger partial charge in [-0.25, -0.2) is 0 Å². The number of hydrogen-bond donors (Lipinski definition) is 1. The third-order valence-electron chi connectivity index (χ3n) is 2.92. The van der Waals surface area contributed by atoms with E-state index in [-0.39, 0.29) is 17.1 Å². The van der Waals surface area contributed by atoms with Crippen LogP contribution in [-0.2, 0) is 0 Å². The number of anilines is 1. The van der Waals surface area contributed by atoms with Crippen molar-refractivity contribution in [1.29, 1.82) is 0 Å². The molecule has 2 aromatic carbocycles. The van der Waals surface area contributed by atoms with Crippen molar-refractivity contribution in [2.24, 2.45) is 5.10 Å². The summed E-state index contributed by atoms with van der Waals surface area (Å²) in [5.41, 5.74) is 3.75. The molecular weight excluding hydrogens is 288 g/mol. The first-order chi connectivity index (χ1) is 10.5. The van der Waals surface area contributed by atoms with Crippen LogP contribution in [-0.4, -0.2) is 15.6 Å². The molecule has 8 heteroatoms. The fourth-order valence-electron chi connectivity index (χ4n) is 1.78. The monoisotopic (exact) mass is 300 g/mol. The molecule has 1 N–H and O–H groups in total. The Labute approximate surface area is 125 Å². The van der Waals surface area contributed by atoms with E-state index in [0.29, 0.717) is 11.3 Å². The van der Waals surface area contributed by atoms with Gasteiger partial charge in [0.15, 0.2) is 0 Å². The van der Waals surface area contributed by atoms with Crippen molar-refractivity contribution >= 4 is 22.8 Å². The van der Waals surface area contributed by atoms with E-state index in [0.717, 1.165) is 0 Å². The van der Waals surface area contributed by atoms with Gasteiger partial charge in [0.05, 0.1) is 15.6 Å². The zero-order valence-electron chi connectivity index (χ0n) is 11.6. The van der Waals surface area contributed by atoms with Crippen LogP contribution in [0, 0.1) is 20.2 Å². The quantitative estimate of drug-likeness (QED) is 0.517. The van der Waals surface area contributed by atoms with Crippen molar-refractivity contribution in [1.82, 2.24) is 0 Å². The third-order valence-corrected chi connectivity index (χ3v) is 2.92. The Morgan fingerprint density at radius 3 is 2.45 bits per heavy atom. The Kier molecular flexibility index (Phi) is 4.42. The standard InChI is InChI=1S/C14H12N4O4/c1-10(11-5-4-6-12(9-11)17(19)20)15-16-13-7-2-3-8-14(13)18(21)22/h2-9,16H,1H3/b15-10-. The molecule has 0 aliphatic heterocycles. The van der Waals surface area contributed by atoms with Crippen LogP contribution in [0.2, 0.25) is 0 Å². The summed E-state index contributed by atoms with van der Waals surface area (Å²) in [4.78, 5) is 20.6. The maximum atomic E-state index is 10.9.